The second-order valence-corrected chi connectivity index (χ2v) is 5.41. The third-order valence-electron chi connectivity index (χ3n) is 3.60. The van der Waals surface area contributed by atoms with Crippen molar-refractivity contribution in [3.63, 3.8) is 0 Å². The van der Waals surface area contributed by atoms with Crippen molar-refractivity contribution in [1.29, 1.82) is 0 Å². The number of hydrogen-bond donors (Lipinski definition) is 3. The lowest BCUT2D eigenvalue weighted by Gasteiger charge is -2.27. The van der Waals surface area contributed by atoms with Crippen molar-refractivity contribution < 1.29 is 19.8 Å². The monoisotopic (exact) mass is 308 g/mol. The summed E-state index contributed by atoms with van der Waals surface area (Å²) >= 11 is 0. The van der Waals surface area contributed by atoms with Gasteiger partial charge in [-0.25, -0.2) is 4.79 Å². The standard InChI is InChI=1S/C16H24N2O4/c1-12(11-19)18(2)16(22)17-14(8-9-15(20)21)10-13-6-4-3-5-7-13/h3-7,12,14,19H,8-11H2,1-2H3,(H,17,22)(H,20,21)/t12-,14?/m0/s1. The van der Waals surface area contributed by atoms with E-state index in [1.807, 2.05) is 30.3 Å². The summed E-state index contributed by atoms with van der Waals surface area (Å²) in [5, 5.41) is 20.8. The summed E-state index contributed by atoms with van der Waals surface area (Å²) in [4.78, 5) is 24.3. The normalized spacial score (nSPS) is 13.2. The zero-order valence-electron chi connectivity index (χ0n) is 13.0. The molecule has 1 rings (SSSR count). The molecule has 1 aromatic rings. The number of aliphatic carboxylic acids is 1. The molecule has 3 N–H and O–H groups in total. The van der Waals surface area contributed by atoms with Crippen molar-refractivity contribution in [2.45, 2.75) is 38.3 Å². The summed E-state index contributed by atoms with van der Waals surface area (Å²) in [5.74, 6) is -0.885. The van der Waals surface area contributed by atoms with Crippen LogP contribution in [0.25, 0.3) is 0 Å². The van der Waals surface area contributed by atoms with E-state index in [4.69, 9.17) is 10.2 Å². The van der Waals surface area contributed by atoms with E-state index in [0.29, 0.717) is 12.8 Å². The average molecular weight is 308 g/mol. The maximum absolute atomic E-state index is 12.1. The number of carboxylic acids is 1. The smallest absolute Gasteiger partial charge is 0.317 e. The van der Waals surface area contributed by atoms with E-state index >= 15 is 0 Å². The average Bonchev–Trinajstić information content (AvgIpc) is 2.51. The number of urea groups is 1. The van der Waals surface area contributed by atoms with E-state index in [2.05, 4.69) is 5.32 Å². The molecule has 122 valence electrons. The fourth-order valence-corrected chi connectivity index (χ4v) is 2.02. The molecule has 2 atom stereocenters. The van der Waals surface area contributed by atoms with Crippen molar-refractivity contribution in [1.82, 2.24) is 10.2 Å². The lowest BCUT2D eigenvalue weighted by molar-refractivity contribution is -0.137. The van der Waals surface area contributed by atoms with Gasteiger partial charge in [-0.15, -0.1) is 0 Å². The molecular formula is C16H24N2O4. The van der Waals surface area contributed by atoms with Crippen molar-refractivity contribution >= 4 is 12.0 Å². The van der Waals surface area contributed by atoms with Crippen molar-refractivity contribution in [2.24, 2.45) is 0 Å². The molecule has 0 saturated carbocycles. The Kier molecular flexibility index (Phi) is 7.39. The van der Waals surface area contributed by atoms with Crippen LogP contribution in [-0.2, 0) is 11.2 Å². The number of likely N-dealkylation sites (N-methyl/N-ethyl adjacent to an activating group) is 1. The Bertz CT molecular complexity index is 478. The zero-order chi connectivity index (χ0) is 16.5. The molecule has 22 heavy (non-hydrogen) atoms. The van der Waals surface area contributed by atoms with Gasteiger partial charge in [0.05, 0.1) is 12.6 Å². The van der Waals surface area contributed by atoms with Gasteiger partial charge in [0.15, 0.2) is 0 Å². The minimum Gasteiger partial charge on any atom is -0.481 e. The number of hydrogen-bond acceptors (Lipinski definition) is 3. The molecule has 0 aliphatic carbocycles. The van der Waals surface area contributed by atoms with Gasteiger partial charge in [0, 0.05) is 19.5 Å². The molecule has 1 unspecified atom stereocenters. The molecule has 0 radical (unpaired) electrons. The zero-order valence-corrected chi connectivity index (χ0v) is 13.0. The highest BCUT2D eigenvalue weighted by molar-refractivity contribution is 5.74. The molecule has 0 fully saturated rings. The Morgan fingerprint density at radius 1 is 1.27 bits per heavy atom. The molecule has 0 aromatic heterocycles. The number of aliphatic hydroxyl groups excluding tert-OH is 1. The van der Waals surface area contributed by atoms with E-state index < -0.39 is 5.97 Å². The Morgan fingerprint density at radius 2 is 1.91 bits per heavy atom. The number of nitrogens with one attached hydrogen (secondary N) is 1. The SMILES string of the molecule is C[C@@H](CO)N(C)C(=O)NC(CCC(=O)O)Cc1ccccc1. The Labute approximate surface area is 130 Å². The first-order valence-electron chi connectivity index (χ1n) is 7.34. The molecule has 6 heteroatoms. The second kappa shape index (κ2) is 9.04. The van der Waals surface area contributed by atoms with Crippen LogP contribution < -0.4 is 5.32 Å². The van der Waals surface area contributed by atoms with Crippen LogP contribution in [0.15, 0.2) is 30.3 Å². The summed E-state index contributed by atoms with van der Waals surface area (Å²) in [7, 11) is 1.60. The maximum atomic E-state index is 12.1. The Morgan fingerprint density at radius 3 is 2.45 bits per heavy atom. The van der Waals surface area contributed by atoms with Crippen molar-refractivity contribution in [3.8, 4) is 0 Å². The van der Waals surface area contributed by atoms with Crippen LogP contribution >= 0.6 is 0 Å². The van der Waals surface area contributed by atoms with Gasteiger partial charge in [-0.2, -0.15) is 0 Å². The molecular weight excluding hydrogens is 284 g/mol. The highest BCUT2D eigenvalue weighted by Crippen LogP contribution is 2.09. The minimum atomic E-state index is -0.885. The number of aliphatic hydroxyl groups is 1. The second-order valence-electron chi connectivity index (χ2n) is 5.41. The van der Waals surface area contributed by atoms with E-state index in [0.717, 1.165) is 5.56 Å². The van der Waals surface area contributed by atoms with Crippen LogP contribution in [0.2, 0.25) is 0 Å². The number of benzene rings is 1. The molecule has 0 aliphatic heterocycles. The number of carbonyl (C=O) groups excluding carboxylic acids is 1. The van der Waals surface area contributed by atoms with Crippen LogP contribution in [0.4, 0.5) is 4.79 Å². The highest BCUT2D eigenvalue weighted by Gasteiger charge is 2.19. The van der Waals surface area contributed by atoms with Crippen LogP contribution in [0.3, 0.4) is 0 Å². The van der Waals surface area contributed by atoms with Gasteiger partial charge in [0.1, 0.15) is 0 Å². The number of carboxylic acid groups (broad SMARTS) is 1. The predicted octanol–water partition coefficient (Wildman–Crippen LogP) is 1.48. The molecule has 0 aliphatic rings. The lowest BCUT2D eigenvalue weighted by Crippen LogP contribution is -2.48. The molecule has 1 aromatic carbocycles. The fourth-order valence-electron chi connectivity index (χ4n) is 2.02. The van der Waals surface area contributed by atoms with Crippen LogP contribution in [0, 0.1) is 0 Å². The van der Waals surface area contributed by atoms with Gasteiger partial charge < -0.3 is 20.4 Å². The lowest BCUT2D eigenvalue weighted by atomic mass is 10.0. The Balaban J connectivity index is 2.68. The van der Waals surface area contributed by atoms with Crippen LogP contribution in [0.1, 0.15) is 25.3 Å². The summed E-state index contributed by atoms with van der Waals surface area (Å²) in [6.07, 6.45) is 0.926. The number of nitrogens with zero attached hydrogens (tertiary/aromatic N) is 1. The maximum Gasteiger partial charge on any atom is 0.317 e. The highest BCUT2D eigenvalue weighted by atomic mass is 16.4. The third kappa shape index (κ3) is 6.13. The van der Waals surface area contributed by atoms with Crippen LogP contribution in [0.5, 0.6) is 0 Å². The summed E-state index contributed by atoms with van der Waals surface area (Å²) in [5.41, 5.74) is 1.04. The third-order valence-corrected chi connectivity index (χ3v) is 3.60. The summed E-state index contributed by atoms with van der Waals surface area (Å²) in [6.45, 7) is 1.62. The Hall–Kier alpha value is -2.08. The van der Waals surface area contributed by atoms with Gasteiger partial charge in [-0.3, -0.25) is 4.79 Å². The van der Waals surface area contributed by atoms with Crippen molar-refractivity contribution in [2.75, 3.05) is 13.7 Å². The van der Waals surface area contributed by atoms with E-state index in [1.165, 1.54) is 4.90 Å². The largest absolute Gasteiger partial charge is 0.481 e. The van der Waals surface area contributed by atoms with Gasteiger partial charge in [-0.05, 0) is 25.3 Å². The number of rotatable bonds is 8. The first kappa shape index (κ1) is 18.0. The predicted molar refractivity (Wildman–Crippen MR) is 83.6 cm³/mol. The molecule has 0 saturated heterocycles. The first-order valence-corrected chi connectivity index (χ1v) is 7.34. The molecule has 0 spiro atoms. The van der Waals surface area contributed by atoms with E-state index in [9.17, 15) is 9.59 Å². The minimum absolute atomic E-state index is 0.00293. The van der Waals surface area contributed by atoms with E-state index in [-0.39, 0.29) is 31.1 Å². The summed E-state index contributed by atoms with van der Waals surface area (Å²) in [6, 6.07) is 8.74. The fraction of sp³-hybridized carbons (Fsp3) is 0.500. The topological polar surface area (TPSA) is 89.9 Å². The van der Waals surface area contributed by atoms with E-state index in [1.54, 1.807) is 14.0 Å². The summed E-state index contributed by atoms with van der Waals surface area (Å²) < 4.78 is 0. The van der Waals surface area contributed by atoms with Gasteiger partial charge in [0.2, 0.25) is 0 Å². The van der Waals surface area contributed by atoms with Gasteiger partial charge in [-0.1, -0.05) is 30.3 Å². The first-order chi connectivity index (χ1) is 10.4. The number of carbonyl (C=O) groups is 2. The molecule has 6 nitrogen and oxygen atoms in total. The molecule has 2 amide bonds. The quantitative estimate of drug-likeness (QED) is 0.678. The molecule has 0 bridgehead atoms. The molecule has 0 heterocycles. The number of amides is 2. The van der Waals surface area contributed by atoms with Crippen LogP contribution in [-0.4, -0.2) is 52.9 Å². The van der Waals surface area contributed by atoms with Crippen molar-refractivity contribution in [3.05, 3.63) is 35.9 Å². The van der Waals surface area contributed by atoms with Gasteiger partial charge in [0.25, 0.3) is 0 Å². The van der Waals surface area contributed by atoms with Gasteiger partial charge >= 0.3 is 12.0 Å².